The maximum Gasteiger partial charge on any atom is 0.193 e. The molecule has 0 bridgehead atoms. The Labute approximate surface area is 119 Å². The lowest BCUT2D eigenvalue weighted by atomic mass is 10.0. The fraction of sp³-hybridized carbons (Fsp3) is 0.0714. The Balaban J connectivity index is 2.41. The molecule has 0 aliphatic heterocycles. The van der Waals surface area contributed by atoms with Crippen molar-refractivity contribution in [3.63, 3.8) is 0 Å². The molecule has 2 aromatic rings. The summed E-state index contributed by atoms with van der Waals surface area (Å²) in [5.41, 5.74) is 13.3. The lowest BCUT2D eigenvalue weighted by Gasteiger charge is -2.07. The summed E-state index contributed by atoms with van der Waals surface area (Å²) in [5.74, 6) is 0.533. The van der Waals surface area contributed by atoms with Crippen LogP contribution in [-0.4, -0.2) is 12.9 Å². The van der Waals surface area contributed by atoms with Crippen LogP contribution in [0.5, 0.6) is 5.75 Å². The van der Waals surface area contributed by atoms with E-state index in [-0.39, 0.29) is 5.78 Å². The summed E-state index contributed by atoms with van der Waals surface area (Å²) in [6, 6.07) is 9.97. The van der Waals surface area contributed by atoms with Gasteiger partial charge < -0.3 is 16.2 Å². The summed E-state index contributed by atoms with van der Waals surface area (Å²) in [6.07, 6.45) is 0. The Hall–Kier alpha value is -2.01. The van der Waals surface area contributed by atoms with Gasteiger partial charge in [0.15, 0.2) is 5.78 Å². The molecule has 0 saturated carbocycles. The highest BCUT2D eigenvalue weighted by atomic mass is 79.9. The first-order valence-electron chi connectivity index (χ1n) is 5.55. The van der Waals surface area contributed by atoms with Gasteiger partial charge in [0, 0.05) is 22.5 Å². The number of halogens is 1. The number of rotatable bonds is 3. The summed E-state index contributed by atoms with van der Waals surface area (Å²) in [5, 5.41) is 0. The average Bonchev–Trinajstić information content (AvgIpc) is 2.36. The molecule has 0 spiro atoms. The zero-order valence-electron chi connectivity index (χ0n) is 10.3. The summed E-state index contributed by atoms with van der Waals surface area (Å²) in [6.45, 7) is 0. The molecule has 4 nitrogen and oxygen atoms in total. The minimum atomic E-state index is -0.137. The van der Waals surface area contributed by atoms with Gasteiger partial charge in [0.1, 0.15) is 5.75 Å². The number of ether oxygens (including phenoxy) is 1. The van der Waals surface area contributed by atoms with Crippen LogP contribution in [-0.2, 0) is 0 Å². The first kappa shape index (κ1) is 13.4. The Morgan fingerprint density at radius 2 is 1.68 bits per heavy atom. The highest BCUT2D eigenvalue weighted by molar-refractivity contribution is 9.10. The summed E-state index contributed by atoms with van der Waals surface area (Å²) < 4.78 is 5.85. The molecule has 0 aromatic heterocycles. The van der Waals surface area contributed by atoms with Crippen molar-refractivity contribution in [3.8, 4) is 5.75 Å². The van der Waals surface area contributed by atoms with Crippen molar-refractivity contribution < 1.29 is 9.53 Å². The number of carbonyl (C=O) groups excluding carboxylic acids is 1. The zero-order chi connectivity index (χ0) is 14.0. The highest BCUT2D eigenvalue weighted by Crippen LogP contribution is 2.27. The zero-order valence-corrected chi connectivity index (χ0v) is 11.9. The molecule has 2 rings (SSSR count). The van der Waals surface area contributed by atoms with Gasteiger partial charge in [-0.05, 0) is 52.3 Å². The van der Waals surface area contributed by atoms with E-state index < -0.39 is 0 Å². The lowest BCUT2D eigenvalue weighted by molar-refractivity contribution is 0.103. The van der Waals surface area contributed by atoms with Crippen molar-refractivity contribution in [3.05, 3.63) is 52.0 Å². The minimum absolute atomic E-state index is 0.137. The Morgan fingerprint density at radius 3 is 2.21 bits per heavy atom. The molecular weight excluding hydrogens is 308 g/mol. The molecule has 0 atom stereocenters. The van der Waals surface area contributed by atoms with Gasteiger partial charge in [-0.15, -0.1) is 0 Å². The van der Waals surface area contributed by atoms with Crippen LogP contribution in [0.3, 0.4) is 0 Å². The van der Waals surface area contributed by atoms with E-state index in [0.717, 1.165) is 4.47 Å². The van der Waals surface area contributed by atoms with Gasteiger partial charge in [0.25, 0.3) is 0 Å². The predicted molar refractivity (Wildman–Crippen MR) is 79.4 cm³/mol. The summed E-state index contributed by atoms with van der Waals surface area (Å²) in [7, 11) is 1.57. The molecule has 0 unspecified atom stereocenters. The van der Waals surface area contributed by atoms with Crippen LogP contribution in [0.1, 0.15) is 15.9 Å². The van der Waals surface area contributed by atoms with Gasteiger partial charge >= 0.3 is 0 Å². The summed E-state index contributed by atoms with van der Waals surface area (Å²) in [4.78, 5) is 12.3. The average molecular weight is 321 g/mol. The third kappa shape index (κ3) is 2.88. The molecule has 0 amide bonds. The molecule has 4 N–H and O–H groups in total. The van der Waals surface area contributed by atoms with Crippen molar-refractivity contribution in [1.29, 1.82) is 0 Å². The second-order valence-electron chi connectivity index (χ2n) is 4.07. The Bertz CT molecular complexity index is 621. The fourth-order valence-corrected chi connectivity index (χ4v) is 2.32. The monoisotopic (exact) mass is 320 g/mol. The van der Waals surface area contributed by atoms with Gasteiger partial charge in [-0.25, -0.2) is 0 Å². The molecule has 0 radical (unpaired) electrons. The maximum absolute atomic E-state index is 12.3. The standard InChI is InChI=1S/C14H13BrN2O2/c1-19-13-3-2-8(6-12(13)15)14(18)9-4-10(16)7-11(17)5-9/h2-7H,16-17H2,1H3. The maximum atomic E-state index is 12.3. The lowest BCUT2D eigenvalue weighted by Crippen LogP contribution is -2.04. The number of benzene rings is 2. The van der Waals surface area contributed by atoms with Gasteiger partial charge in [-0.3, -0.25) is 4.79 Å². The molecule has 0 aliphatic carbocycles. The van der Waals surface area contributed by atoms with Crippen LogP contribution < -0.4 is 16.2 Å². The number of nitrogen functional groups attached to an aromatic ring is 2. The van der Waals surface area contributed by atoms with Crippen molar-refractivity contribution in [1.82, 2.24) is 0 Å². The van der Waals surface area contributed by atoms with Crippen LogP contribution in [0.15, 0.2) is 40.9 Å². The van der Waals surface area contributed by atoms with Crippen LogP contribution in [0.2, 0.25) is 0 Å². The SMILES string of the molecule is COc1ccc(C(=O)c2cc(N)cc(N)c2)cc1Br. The summed E-state index contributed by atoms with van der Waals surface area (Å²) >= 11 is 3.35. The quantitative estimate of drug-likeness (QED) is 0.673. The number of hydrogen-bond donors (Lipinski definition) is 2. The molecular formula is C14H13BrN2O2. The van der Waals surface area contributed by atoms with Crippen molar-refractivity contribution in [2.75, 3.05) is 18.6 Å². The van der Waals surface area contributed by atoms with Crippen molar-refractivity contribution in [2.24, 2.45) is 0 Å². The predicted octanol–water partition coefficient (Wildman–Crippen LogP) is 2.85. The Kier molecular flexibility index (Phi) is 3.76. The first-order valence-corrected chi connectivity index (χ1v) is 6.35. The largest absolute Gasteiger partial charge is 0.496 e. The van der Waals surface area contributed by atoms with E-state index in [1.807, 2.05) is 0 Å². The minimum Gasteiger partial charge on any atom is -0.496 e. The van der Waals surface area contributed by atoms with E-state index in [4.69, 9.17) is 16.2 Å². The molecule has 2 aromatic carbocycles. The van der Waals surface area contributed by atoms with E-state index in [2.05, 4.69) is 15.9 Å². The van der Waals surface area contributed by atoms with Gasteiger partial charge in [0.05, 0.1) is 11.6 Å². The molecule has 19 heavy (non-hydrogen) atoms. The van der Waals surface area contributed by atoms with E-state index in [9.17, 15) is 4.79 Å². The Morgan fingerprint density at radius 1 is 1.05 bits per heavy atom. The second-order valence-corrected chi connectivity index (χ2v) is 4.92. The molecule has 0 aliphatic rings. The topological polar surface area (TPSA) is 78.3 Å². The molecule has 98 valence electrons. The number of anilines is 2. The third-order valence-corrected chi connectivity index (χ3v) is 3.27. The van der Waals surface area contributed by atoms with E-state index in [1.54, 1.807) is 43.5 Å². The van der Waals surface area contributed by atoms with Gasteiger partial charge in [-0.1, -0.05) is 0 Å². The molecule has 0 heterocycles. The van der Waals surface area contributed by atoms with Gasteiger partial charge in [-0.2, -0.15) is 0 Å². The number of ketones is 1. The van der Waals surface area contributed by atoms with E-state index >= 15 is 0 Å². The van der Waals surface area contributed by atoms with Crippen LogP contribution in [0.4, 0.5) is 11.4 Å². The normalized spacial score (nSPS) is 10.2. The van der Waals surface area contributed by atoms with Crippen molar-refractivity contribution >= 4 is 33.1 Å². The van der Waals surface area contributed by atoms with Crippen LogP contribution in [0.25, 0.3) is 0 Å². The number of nitrogens with two attached hydrogens (primary N) is 2. The number of hydrogen-bond acceptors (Lipinski definition) is 4. The number of carbonyl (C=O) groups is 1. The molecule has 0 fully saturated rings. The smallest absolute Gasteiger partial charge is 0.193 e. The van der Waals surface area contributed by atoms with E-state index in [0.29, 0.717) is 28.3 Å². The third-order valence-electron chi connectivity index (χ3n) is 2.65. The molecule has 0 saturated heterocycles. The van der Waals surface area contributed by atoms with Crippen LogP contribution >= 0.6 is 15.9 Å². The first-order chi connectivity index (χ1) is 9.01. The highest BCUT2D eigenvalue weighted by Gasteiger charge is 2.12. The second kappa shape index (κ2) is 5.32. The van der Waals surface area contributed by atoms with Gasteiger partial charge in [0.2, 0.25) is 0 Å². The van der Waals surface area contributed by atoms with Crippen molar-refractivity contribution in [2.45, 2.75) is 0 Å². The number of methoxy groups -OCH3 is 1. The fourth-order valence-electron chi connectivity index (χ4n) is 1.78. The van der Waals surface area contributed by atoms with E-state index in [1.165, 1.54) is 0 Å². The van der Waals surface area contributed by atoms with Crippen LogP contribution in [0, 0.1) is 0 Å². The molecule has 5 heteroatoms.